The van der Waals surface area contributed by atoms with Crippen LogP contribution in [-0.4, -0.2) is 59.0 Å². The summed E-state index contributed by atoms with van der Waals surface area (Å²) in [6.45, 7) is 0. The molecule has 2 heterocycles. The highest BCUT2D eigenvalue weighted by Gasteiger charge is 2.71. The Morgan fingerprint density at radius 1 is 0.904 bits per heavy atom. The lowest BCUT2D eigenvalue weighted by molar-refractivity contribution is -0.140. The lowest BCUT2D eigenvalue weighted by atomic mass is 9.48. The van der Waals surface area contributed by atoms with Crippen LogP contribution in [-0.2, 0) is 29.3 Å². The summed E-state index contributed by atoms with van der Waals surface area (Å²) >= 11 is 12.7. The number of carbonyl (C=O) groups is 5. The molecule has 0 aromatic heterocycles. The summed E-state index contributed by atoms with van der Waals surface area (Å²) in [7, 11) is 2.61. The molecule has 13 heteroatoms. The van der Waals surface area contributed by atoms with Crippen LogP contribution in [0.5, 0.6) is 11.5 Å². The molecule has 2 saturated heterocycles. The third-order valence-corrected chi connectivity index (χ3v) is 11.7. The van der Waals surface area contributed by atoms with Gasteiger partial charge in [-0.3, -0.25) is 24.6 Å². The molecule has 2 N–H and O–H groups in total. The van der Waals surface area contributed by atoms with Gasteiger partial charge in [-0.15, -0.1) is 0 Å². The third kappa shape index (κ3) is 4.68. The second kappa shape index (κ2) is 12.4. The van der Waals surface area contributed by atoms with Crippen molar-refractivity contribution in [1.82, 2.24) is 9.91 Å². The minimum absolute atomic E-state index is 0.0216. The number of fused-ring (bicyclic) bond motifs is 5. The van der Waals surface area contributed by atoms with Gasteiger partial charge in [0.25, 0.3) is 11.8 Å². The Morgan fingerprint density at radius 2 is 1.65 bits per heavy atom. The van der Waals surface area contributed by atoms with E-state index in [2.05, 4.69) is 5.43 Å². The number of imide groups is 4. The number of aromatic hydroxyl groups is 1. The van der Waals surface area contributed by atoms with Crippen molar-refractivity contribution in [2.24, 2.45) is 23.7 Å². The second-order valence-electron chi connectivity index (χ2n) is 13.4. The van der Waals surface area contributed by atoms with Crippen LogP contribution in [0.4, 0.5) is 10.5 Å². The van der Waals surface area contributed by atoms with Crippen molar-refractivity contribution in [3.8, 4) is 11.5 Å². The third-order valence-electron chi connectivity index (χ3n) is 11.2. The number of ether oxygens (including phenoxy) is 2. The molecule has 264 valence electrons. The minimum atomic E-state index is -1.68. The summed E-state index contributed by atoms with van der Waals surface area (Å²) < 4.78 is 10.3. The Morgan fingerprint density at radius 3 is 2.37 bits per heavy atom. The summed E-state index contributed by atoms with van der Waals surface area (Å²) in [5.41, 5.74) is 3.01. The highest BCUT2D eigenvalue weighted by atomic mass is 35.5. The first-order valence-corrected chi connectivity index (χ1v) is 17.4. The van der Waals surface area contributed by atoms with Gasteiger partial charge in [0.15, 0.2) is 0 Å². The van der Waals surface area contributed by atoms with E-state index in [4.69, 9.17) is 32.7 Å². The molecule has 2 aliphatic carbocycles. The predicted octanol–water partition coefficient (Wildman–Crippen LogP) is 6.61. The lowest BCUT2D eigenvalue weighted by Crippen LogP contribution is -2.53. The predicted molar refractivity (Wildman–Crippen MR) is 190 cm³/mol. The molecule has 2 aliphatic heterocycles. The fraction of sp³-hybridized carbons (Fsp3) is 0.256. The van der Waals surface area contributed by atoms with Crippen LogP contribution in [0.1, 0.15) is 29.9 Å². The Labute approximate surface area is 307 Å². The number of nitrogens with zero attached hydrogens (tertiary/aromatic N) is 2. The van der Waals surface area contributed by atoms with Gasteiger partial charge >= 0.3 is 6.09 Å². The first-order valence-electron chi connectivity index (χ1n) is 16.6. The molecule has 5 amide bonds. The van der Waals surface area contributed by atoms with Crippen molar-refractivity contribution in [3.63, 3.8) is 0 Å². The van der Waals surface area contributed by atoms with E-state index in [0.717, 1.165) is 17.5 Å². The Balaban J connectivity index is 1.41. The number of rotatable bonds is 5. The van der Waals surface area contributed by atoms with Gasteiger partial charge in [-0.05, 0) is 71.5 Å². The Hall–Kier alpha value is -5.39. The van der Waals surface area contributed by atoms with E-state index in [1.54, 1.807) is 48.5 Å². The molecule has 11 nitrogen and oxygen atoms in total. The van der Waals surface area contributed by atoms with E-state index in [1.165, 1.54) is 13.2 Å². The van der Waals surface area contributed by atoms with Crippen LogP contribution in [0.3, 0.4) is 0 Å². The van der Waals surface area contributed by atoms with Crippen molar-refractivity contribution in [2.75, 3.05) is 19.6 Å². The number of hydrogen-bond donors (Lipinski definition) is 2. The molecule has 6 atom stereocenters. The molecular weight excluding hydrogens is 709 g/mol. The number of nitrogens with one attached hydrogen (secondary N) is 1. The van der Waals surface area contributed by atoms with Gasteiger partial charge in [0, 0.05) is 16.5 Å². The fourth-order valence-corrected chi connectivity index (χ4v) is 9.47. The summed E-state index contributed by atoms with van der Waals surface area (Å²) in [6, 6.07) is 22.2. The average Bonchev–Trinajstić information content (AvgIpc) is 3.53. The smallest absolute Gasteiger partial charge is 0.423 e. The van der Waals surface area contributed by atoms with Gasteiger partial charge < -0.3 is 14.6 Å². The molecular formula is C39H31Cl2N3O8. The van der Waals surface area contributed by atoms with Crippen molar-refractivity contribution < 1.29 is 38.6 Å². The zero-order valence-electron chi connectivity index (χ0n) is 27.8. The van der Waals surface area contributed by atoms with Crippen LogP contribution in [0, 0.1) is 23.7 Å². The van der Waals surface area contributed by atoms with Crippen LogP contribution in [0.2, 0.25) is 10.0 Å². The fourth-order valence-electron chi connectivity index (χ4n) is 9.02. The summed E-state index contributed by atoms with van der Waals surface area (Å²) in [5, 5.41) is 14.8. The van der Waals surface area contributed by atoms with Crippen LogP contribution in [0.15, 0.2) is 90.5 Å². The molecule has 4 aromatic rings. The normalized spacial score (nSPS) is 26.5. The van der Waals surface area contributed by atoms with Crippen LogP contribution >= 0.6 is 23.2 Å². The second-order valence-corrected chi connectivity index (χ2v) is 14.3. The maximum absolute atomic E-state index is 15.5. The van der Waals surface area contributed by atoms with Crippen LogP contribution < -0.4 is 10.2 Å². The maximum Gasteiger partial charge on any atom is 0.423 e. The van der Waals surface area contributed by atoms with E-state index in [1.807, 2.05) is 30.3 Å². The van der Waals surface area contributed by atoms with E-state index in [-0.39, 0.29) is 29.3 Å². The number of phenolic OH excluding ortho intramolecular Hbond substituents is 1. The number of phenols is 1. The van der Waals surface area contributed by atoms with Gasteiger partial charge in [0.05, 0.1) is 48.1 Å². The zero-order valence-corrected chi connectivity index (χ0v) is 29.4. The highest BCUT2D eigenvalue weighted by molar-refractivity contribution is 6.36. The van der Waals surface area contributed by atoms with Crippen molar-refractivity contribution >= 4 is 69.4 Å². The topological polar surface area (TPSA) is 143 Å². The molecule has 3 fully saturated rings. The summed E-state index contributed by atoms with van der Waals surface area (Å²) in [5.74, 6) is -7.01. The monoisotopic (exact) mass is 739 g/mol. The number of allylic oxidation sites excluding steroid dienone is 2. The van der Waals surface area contributed by atoms with Gasteiger partial charge in [0.1, 0.15) is 11.5 Å². The average molecular weight is 741 g/mol. The SMILES string of the molecule is COC(=O)N1C(=O)[C@H]2[C@H](CC=C3[C@H]2C[C@H]2C(=O)N(Nc4ccc(Cl)cc4Cl)C(=O)[C@@]2(c2ccc(OC)cc2)[C@H]3c2c(O)ccc3ccccc23)C1=O. The van der Waals surface area contributed by atoms with Gasteiger partial charge in [-0.1, -0.05) is 77.3 Å². The van der Waals surface area contributed by atoms with Crippen molar-refractivity contribution in [2.45, 2.75) is 24.2 Å². The zero-order chi connectivity index (χ0) is 36.6. The number of likely N-dealkylation sites (tertiary alicyclic amines) is 1. The quantitative estimate of drug-likeness (QED) is 0.171. The standard InChI is InChI=1S/C39H31Cl2N3O8/c1-51-22-11-8-20(9-12-22)39-27(35(47)44(37(39)49)42-29-15-10-21(40)17-28(29)41)18-26-24(13-14-25-31(26)36(48)43(34(25)46)38(50)52-2)33(39)32-23-6-4-3-5-19(23)7-16-30(32)45/h3-13,15-17,25-27,31,33,42,45H,14,18H2,1-2H3/t25-,26+,27-,31-,33+,39+/m0/s1. The van der Waals surface area contributed by atoms with E-state index in [0.29, 0.717) is 37.8 Å². The molecule has 8 rings (SSSR count). The highest BCUT2D eigenvalue weighted by Crippen LogP contribution is 2.65. The van der Waals surface area contributed by atoms with E-state index < -0.39 is 64.7 Å². The van der Waals surface area contributed by atoms with E-state index in [9.17, 15) is 24.3 Å². The molecule has 0 unspecified atom stereocenters. The summed E-state index contributed by atoms with van der Waals surface area (Å²) in [6.07, 6.45) is 0.825. The molecule has 52 heavy (non-hydrogen) atoms. The molecule has 0 spiro atoms. The number of amides is 5. The molecule has 1 saturated carbocycles. The first-order chi connectivity index (χ1) is 25.0. The van der Waals surface area contributed by atoms with Gasteiger partial charge in [-0.25, -0.2) is 4.79 Å². The molecule has 0 bridgehead atoms. The number of anilines is 1. The summed E-state index contributed by atoms with van der Waals surface area (Å²) in [4.78, 5) is 71.3. The first kappa shape index (κ1) is 33.7. The molecule has 0 radical (unpaired) electrons. The van der Waals surface area contributed by atoms with Crippen molar-refractivity contribution in [1.29, 1.82) is 0 Å². The number of methoxy groups -OCH3 is 2. The maximum atomic E-state index is 15.5. The molecule has 4 aromatic carbocycles. The van der Waals surface area contributed by atoms with Gasteiger partial charge in [-0.2, -0.15) is 9.91 Å². The number of halogens is 2. The van der Waals surface area contributed by atoms with Crippen molar-refractivity contribution in [3.05, 3.63) is 112 Å². The largest absolute Gasteiger partial charge is 0.508 e. The minimum Gasteiger partial charge on any atom is -0.508 e. The lowest BCUT2D eigenvalue weighted by Gasteiger charge is -2.51. The Bertz CT molecular complexity index is 2260. The van der Waals surface area contributed by atoms with E-state index >= 15 is 4.79 Å². The number of hydrogen-bond acceptors (Lipinski definition) is 9. The van der Waals surface area contributed by atoms with Crippen LogP contribution in [0.25, 0.3) is 10.8 Å². The Kier molecular flexibility index (Phi) is 8.03. The number of benzene rings is 4. The molecule has 4 aliphatic rings. The number of hydrazine groups is 1. The van der Waals surface area contributed by atoms with Gasteiger partial charge in [0.2, 0.25) is 11.8 Å². The number of carbonyl (C=O) groups excluding carboxylic acids is 5.